The molecule has 2 fully saturated rings. The van der Waals surface area contributed by atoms with E-state index in [1.54, 1.807) is 0 Å². The van der Waals surface area contributed by atoms with Crippen molar-refractivity contribution in [1.29, 1.82) is 0 Å². The van der Waals surface area contributed by atoms with Crippen LogP contribution in [0.2, 0.25) is 0 Å². The average Bonchev–Trinajstić information content (AvgIpc) is 2.66. The smallest absolute Gasteiger partial charge is 0.234 e. The summed E-state index contributed by atoms with van der Waals surface area (Å²) >= 11 is 0. The third kappa shape index (κ3) is 5.21. The van der Waals surface area contributed by atoms with Crippen LogP contribution in [0, 0.1) is 5.92 Å². The molecule has 0 aromatic heterocycles. The Morgan fingerprint density at radius 3 is 2.50 bits per heavy atom. The van der Waals surface area contributed by atoms with Gasteiger partial charge in [0.1, 0.15) is 0 Å². The molecule has 2 rings (SSSR count). The Morgan fingerprint density at radius 2 is 1.82 bits per heavy atom. The van der Waals surface area contributed by atoms with E-state index in [1.807, 2.05) is 0 Å². The lowest BCUT2D eigenvalue weighted by molar-refractivity contribution is -0.123. The first-order valence-electron chi connectivity index (χ1n) is 8.33. The van der Waals surface area contributed by atoms with Crippen LogP contribution < -0.4 is 5.32 Å². The first kappa shape index (κ1) is 17.7. The molecule has 0 aromatic rings. The molecule has 1 heterocycles. The van der Waals surface area contributed by atoms with E-state index in [4.69, 9.17) is 0 Å². The Hall–Kier alpha value is -0.660. The van der Waals surface area contributed by atoms with Gasteiger partial charge in [0.15, 0.2) is 0 Å². The summed E-state index contributed by atoms with van der Waals surface area (Å²) in [5.41, 5.74) is 0. The third-order valence-corrected chi connectivity index (χ3v) is 6.14. The van der Waals surface area contributed by atoms with Gasteiger partial charge in [-0.05, 0) is 31.7 Å². The van der Waals surface area contributed by atoms with Gasteiger partial charge in [-0.25, -0.2) is 12.7 Å². The summed E-state index contributed by atoms with van der Waals surface area (Å²) in [6.45, 7) is 5.02. The number of carbonyl (C=O) groups is 1. The molecule has 6 nitrogen and oxygen atoms in total. The second-order valence-electron chi connectivity index (χ2n) is 6.73. The number of nitrogens with zero attached hydrogens (tertiary/aromatic N) is 2. The highest BCUT2D eigenvalue weighted by atomic mass is 32.2. The van der Waals surface area contributed by atoms with Crippen LogP contribution in [0.1, 0.15) is 39.0 Å². The fourth-order valence-electron chi connectivity index (χ4n) is 3.42. The summed E-state index contributed by atoms with van der Waals surface area (Å²) in [6, 6.07) is 0.306. The molecule has 0 unspecified atom stereocenters. The lowest BCUT2D eigenvalue weighted by Crippen LogP contribution is -2.46. The van der Waals surface area contributed by atoms with E-state index in [-0.39, 0.29) is 5.91 Å². The van der Waals surface area contributed by atoms with Crippen molar-refractivity contribution in [2.24, 2.45) is 5.92 Å². The van der Waals surface area contributed by atoms with Crippen LogP contribution in [0.15, 0.2) is 0 Å². The molecule has 0 aromatic carbocycles. The van der Waals surface area contributed by atoms with Crippen LogP contribution in [0.4, 0.5) is 0 Å². The van der Waals surface area contributed by atoms with Gasteiger partial charge < -0.3 is 5.32 Å². The first-order valence-corrected chi connectivity index (χ1v) is 10.2. The van der Waals surface area contributed by atoms with Crippen LogP contribution in [0.5, 0.6) is 0 Å². The van der Waals surface area contributed by atoms with E-state index in [1.165, 1.54) is 29.8 Å². The predicted octanol–water partition coefficient (Wildman–Crippen LogP) is 0.649. The fraction of sp³-hybridized carbons (Fsp3) is 0.933. The highest BCUT2D eigenvalue weighted by molar-refractivity contribution is 7.88. The Balaban J connectivity index is 1.79. The summed E-state index contributed by atoms with van der Waals surface area (Å²) in [5, 5.41) is 3.17. The third-order valence-electron chi connectivity index (χ3n) is 4.84. The number of hydrogen-bond acceptors (Lipinski definition) is 4. The molecule has 1 saturated heterocycles. The second kappa shape index (κ2) is 7.75. The van der Waals surface area contributed by atoms with Crippen LogP contribution in [0.25, 0.3) is 0 Å². The molecule has 7 heteroatoms. The summed E-state index contributed by atoms with van der Waals surface area (Å²) in [6.07, 6.45) is 6.76. The van der Waals surface area contributed by atoms with E-state index in [0.717, 1.165) is 19.4 Å². The molecule has 1 N–H and O–H groups in total. The van der Waals surface area contributed by atoms with Crippen LogP contribution >= 0.6 is 0 Å². The summed E-state index contributed by atoms with van der Waals surface area (Å²) in [7, 11) is -3.12. The highest BCUT2D eigenvalue weighted by Gasteiger charge is 2.25. The Morgan fingerprint density at radius 1 is 1.09 bits per heavy atom. The molecular weight excluding hydrogens is 302 g/mol. The molecule has 2 atom stereocenters. The largest absolute Gasteiger partial charge is 0.352 e. The van der Waals surface area contributed by atoms with Gasteiger partial charge in [0.2, 0.25) is 15.9 Å². The summed E-state index contributed by atoms with van der Waals surface area (Å²) in [4.78, 5) is 14.3. The molecule has 2 aliphatic rings. The van der Waals surface area contributed by atoms with Gasteiger partial charge in [-0.1, -0.05) is 19.8 Å². The predicted molar refractivity (Wildman–Crippen MR) is 87.0 cm³/mol. The lowest BCUT2D eigenvalue weighted by Gasteiger charge is -2.30. The summed E-state index contributed by atoms with van der Waals surface area (Å²) < 4.78 is 24.7. The van der Waals surface area contributed by atoms with E-state index >= 15 is 0 Å². The Labute approximate surface area is 134 Å². The van der Waals surface area contributed by atoms with Crippen molar-refractivity contribution in [1.82, 2.24) is 14.5 Å². The SMILES string of the molecule is C[C@H]1CCCC[C@@H]1NC(=O)CN1CCCN(S(C)(=O)=O)CC1. The van der Waals surface area contributed by atoms with Crippen LogP contribution in [-0.2, 0) is 14.8 Å². The van der Waals surface area contributed by atoms with Crippen molar-refractivity contribution in [2.75, 3.05) is 39.0 Å². The van der Waals surface area contributed by atoms with Crippen molar-refractivity contribution in [3.05, 3.63) is 0 Å². The number of amides is 1. The average molecular weight is 331 g/mol. The molecule has 22 heavy (non-hydrogen) atoms. The van der Waals surface area contributed by atoms with Gasteiger partial charge in [-0.3, -0.25) is 9.69 Å². The van der Waals surface area contributed by atoms with E-state index in [0.29, 0.717) is 38.1 Å². The second-order valence-corrected chi connectivity index (χ2v) is 8.71. The van der Waals surface area contributed by atoms with Gasteiger partial charge in [-0.2, -0.15) is 0 Å². The van der Waals surface area contributed by atoms with Gasteiger partial charge in [0.05, 0.1) is 12.8 Å². The monoisotopic (exact) mass is 331 g/mol. The number of nitrogens with one attached hydrogen (secondary N) is 1. The highest BCUT2D eigenvalue weighted by Crippen LogP contribution is 2.23. The maximum absolute atomic E-state index is 12.2. The van der Waals surface area contributed by atoms with Crippen molar-refractivity contribution >= 4 is 15.9 Å². The Bertz CT molecular complexity index is 480. The summed E-state index contributed by atoms with van der Waals surface area (Å²) in [5.74, 6) is 0.633. The van der Waals surface area contributed by atoms with Crippen LogP contribution in [-0.4, -0.2) is 68.6 Å². The number of hydrogen-bond donors (Lipinski definition) is 1. The molecule has 0 spiro atoms. The molecule has 1 amide bonds. The van der Waals surface area contributed by atoms with Gasteiger partial charge in [0, 0.05) is 25.7 Å². The minimum Gasteiger partial charge on any atom is -0.352 e. The zero-order chi connectivity index (χ0) is 16.2. The van der Waals surface area contributed by atoms with Crippen molar-refractivity contribution in [3.63, 3.8) is 0 Å². The minimum absolute atomic E-state index is 0.0755. The molecule has 1 aliphatic heterocycles. The van der Waals surface area contributed by atoms with Crippen LogP contribution in [0.3, 0.4) is 0 Å². The van der Waals surface area contributed by atoms with E-state index < -0.39 is 10.0 Å². The number of carbonyl (C=O) groups excluding carboxylic acids is 1. The maximum Gasteiger partial charge on any atom is 0.234 e. The fourth-order valence-corrected chi connectivity index (χ4v) is 4.30. The molecule has 128 valence electrons. The Kier molecular flexibility index (Phi) is 6.23. The normalized spacial score (nSPS) is 29.0. The molecule has 1 saturated carbocycles. The molecule has 0 radical (unpaired) electrons. The number of rotatable bonds is 4. The van der Waals surface area contributed by atoms with Crippen molar-refractivity contribution in [3.8, 4) is 0 Å². The topological polar surface area (TPSA) is 69.7 Å². The number of sulfonamides is 1. The molecule has 0 bridgehead atoms. The zero-order valence-electron chi connectivity index (χ0n) is 13.8. The van der Waals surface area contributed by atoms with Gasteiger partial charge in [0.25, 0.3) is 0 Å². The van der Waals surface area contributed by atoms with Gasteiger partial charge in [-0.15, -0.1) is 0 Å². The molecule has 1 aliphatic carbocycles. The quantitative estimate of drug-likeness (QED) is 0.821. The van der Waals surface area contributed by atoms with Crippen molar-refractivity contribution < 1.29 is 13.2 Å². The maximum atomic E-state index is 12.2. The molecular formula is C15H29N3O3S. The van der Waals surface area contributed by atoms with E-state index in [9.17, 15) is 13.2 Å². The zero-order valence-corrected chi connectivity index (χ0v) is 14.6. The lowest BCUT2D eigenvalue weighted by atomic mass is 9.86. The first-order chi connectivity index (χ1) is 10.4. The standard InChI is InChI=1S/C15H29N3O3S/c1-13-6-3-4-7-14(13)16-15(19)12-17-8-5-9-18(11-10-17)22(2,20)21/h13-14H,3-12H2,1-2H3,(H,16,19)/t13-,14-/m0/s1. The van der Waals surface area contributed by atoms with Gasteiger partial charge >= 0.3 is 0 Å². The van der Waals surface area contributed by atoms with E-state index in [2.05, 4.69) is 17.1 Å². The minimum atomic E-state index is -3.12. The van der Waals surface area contributed by atoms with Crippen molar-refractivity contribution in [2.45, 2.75) is 45.1 Å².